The summed E-state index contributed by atoms with van der Waals surface area (Å²) in [6, 6.07) is 8.87. The number of carbonyl (C=O) groups is 1. The van der Waals surface area contributed by atoms with E-state index in [1.54, 1.807) is 4.90 Å². The highest BCUT2D eigenvalue weighted by molar-refractivity contribution is 5.93. The molecule has 0 spiro atoms. The molecular formula is C31H36N10O2. The molecule has 1 amide bonds. The fourth-order valence-corrected chi connectivity index (χ4v) is 6.73. The molecule has 5 heterocycles. The number of aromatic nitrogens is 4. The molecule has 43 heavy (non-hydrogen) atoms. The molecular weight excluding hydrogens is 544 g/mol. The summed E-state index contributed by atoms with van der Waals surface area (Å²) in [6.45, 7) is 10.4. The van der Waals surface area contributed by atoms with Crippen LogP contribution < -0.4 is 14.5 Å². The lowest BCUT2D eigenvalue weighted by Crippen LogP contribution is -2.55. The first kappa shape index (κ1) is 28.4. The zero-order valence-electron chi connectivity index (χ0n) is 24.5. The molecule has 2 aromatic heterocycles. The van der Waals surface area contributed by atoms with Crippen molar-refractivity contribution in [2.24, 2.45) is 0 Å². The number of aryl methyl sites for hydroxylation is 1. The molecule has 0 saturated carbocycles. The Kier molecular flexibility index (Phi) is 8.12. The first-order chi connectivity index (χ1) is 21.0. The number of H-pyrrole nitrogens is 1. The third-order valence-electron chi connectivity index (χ3n) is 8.88. The Bertz CT molecular complexity index is 1600. The van der Waals surface area contributed by atoms with E-state index in [-0.39, 0.29) is 24.4 Å². The number of anilines is 2. The molecule has 222 valence electrons. The van der Waals surface area contributed by atoms with Gasteiger partial charge in [-0.1, -0.05) is 12.6 Å². The van der Waals surface area contributed by atoms with Crippen LogP contribution in [0.4, 0.5) is 11.5 Å². The molecule has 0 bridgehead atoms. The Morgan fingerprint density at radius 2 is 2.05 bits per heavy atom. The van der Waals surface area contributed by atoms with Crippen LogP contribution in [0.1, 0.15) is 36.1 Å². The fraction of sp³-hybridized carbons (Fsp3) is 0.484. The van der Waals surface area contributed by atoms with E-state index in [4.69, 9.17) is 14.7 Å². The topological polar surface area (TPSA) is 141 Å². The monoisotopic (exact) mass is 580 g/mol. The number of nitrogens with zero attached hydrogens (tertiary/aromatic N) is 9. The minimum Gasteiger partial charge on any atom is -0.462 e. The maximum absolute atomic E-state index is 12.5. The second-order valence-corrected chi connectivity index (χ2v) is 11.4. The number of fused-ring (bicyclic) bond motifs is 2. The van der Waals surface area contributed by atoms with Crippen molar-refractivity contribution in [2.45, 2.75) is 51.2 Å². The molecule has 2 saturated heterocycles. The van der Waals surface area contributed by atoms with E-state index in [2.05, 4.69) is 62.7 Å². The number of rotatable bonds is 8. The maximum Gasteiger partial charge on any atom is 0.318 e. The van der Waals surface area contributed by atoms with Crippen LogP contribution in [0.15, 0.2) is 31.0 Å². The second-order valence-electron chi connectivity index (χ2n) is 11.4. The van der Waals surface area contributed by atoms with Gasteiger partial charge in [-0.25, -0.2) is 0 Å². The van der Waals surface area contributed by atoms with Crippen molar-refractivity contribution in [1.82, 2.24) is 30.0 Å². The third kappa shape index (κ3) is 5.58. The zero-order valence-corrected chi connectivity index (χ0v) is 24.5. The standard InChI is InChI=1S/C31H36N10O2/c1-3-28(42)41-16-15-40(18-22(41)8-10-32)30-24-9-13-39(29-21(2)6-7-26-25(29)17-34-37-26)19-27(24)35-31(36-30)43-20-23-5-4-12-38(23)14-11-33/h3,6-7,17,22-23H,1,4-5,8-9,12-16,18-20H2,2H3,(H,34,37). The molecule has 2 unspecified atom stereocenters. The number of nitrogens with one attached hydrogen (secondary N) is 1. The van der Waals surface area contributed by atoms with Gasteiger partial charge in [0.1, 0.15) is 12.4 Å². The highest BCUT2D eigenvalue weighted by Crippen LogP contribution is 2.36. The van der Waals surface area contributed by atoms with Gasteiger partial charge in [-0.3, -0.25) is 14.8 Å². The van der Waals surface area contributed by atoms with Crippen LogP contribution in [0, 0.1) is 29.6 Å². The van der Waals surface area contributed by atoms with Crippen molar-refractivity contribution in [3.8, 4) is 18.1 Å². The van der Waals surface area contributed by atoms with E-state index >= 15 is 0 Å². The van der Waals surface area contributed by atoms with E-state index in [9.17, 15) is 15.3 Å². The van der Waals surface area contributed by atoms with Crippen molar-refractivity contribution < 1.29 is 9.53 Å². The lowest BCUT2D eigenvalue weighted by molar-refractivity contribution is -0.128. The minimum absolute atomic E-state index is 0.147. The second kappa shape index (κ2) is 12.3. The predicted molar refractivity (Wildman–Crippen MR) is 161 cm³/mol. The van der Waals surface area contributed by atoms with Crippen LogP contribution in [0.2, 0.25) is 0 Å². The first-order valence-electron chi connectivity index (χ1n) is 14.9. The van der Waals surface area contributed by atoms with E-state index < -0.39 is 0 Å². The SMILES string of the molecule is C=CC(=O)N1CCN(c2nc(OCC3CCCN3CC#N)nc3c2CCN(c2c(C)ccc4[nH]ncc24)C3)CC1CC#N. The maximum atomic E-state index is 12.5. The van der Waals surface area contributed by atoms with Gasteiger partial charge in [0, 0.05) is 43.2 Å². The van der Waals surface area contributed by atoms with Gasteiger partial charge in [-0.15, -0.1) is 0 Å². The number of aromatic amines is 1. The van der Waals surface area contributed by atoms with Crippen LogP contribution in [-0.4, -0.2) is 93.8 Å². The van der Waals surface area contributed by atoms with Crippen LogP contribution in [-0.2, 0) is 17.8 Å². The van der Waals surface area contributed by atoms with Gasteiger partial charge in [0.05, 0.1) is 60.8 Å². The van der Waals surface area contributed by atoms with Gasteiger partial charge >= 0.3 is 6.01 Å². The summed E-state index contributed by atoms with van der Waals surface area (Å²) in [5, 5.41) is 27.2. The summed E-state index contributed by atoms with van der Waals surface area (Å²) in [7, 11) is 0. The summed E-state index contributed by atoms with van der Waals surface area (Å²) in [5.74, 6) is 0.651. The Morgan fingerprint density at radius 3 is 2.86 bits per heavy atom. The molecule has 12 nitrogen and oxygen atoms in total. The van der Waals surface area contributed by atoms with Crippen molar-refractivity contribution in [1.29, 1.82) is 10.5 Å². The lowest BCUT2D eigenvalue weighted by atomic mass is 10.0. The highest BCUT2D eigenvalue weighted by atomic mass is 16.5. The number of ether oxygens (including phenoxy) is 1. The van der Waals surface area contributed by atoms with Crippen LogP contribution in [0.5, 0.6) is 6.01 Å². The van der Waals surface area contributed by atoms with Crippen LogP contribution in [0.25, 0.3) is 10.9 Å². The Balaban J connectivity index is 1.33. The quantitative estimate of drug-likeness (QED) is 0.312. The smallest absolute Gasteiger partial charge is 0.318 e. The third-order valence-corrected chi connectivity index (χ3v) is 8.88. The van der Waals surface area contributed by atoms with Gasteiger partial charge in [-0.05, 0) is 50.4 Å². The van der Waals surface area contributed by atoms with Crippen molar-refractivity contribution in [2.75, 3.05) is 55.7 Å². The van der Waals surface area contributed by atoms with Crippen LogP contribution in [0.3, 0.4) is 0 Å². The number of piperazine rings is 1. The summed E-state index contributed by atoms with van der Waals surface area (Å²) >= 11 is 0. The number of carbonyl (C=O) groups excluding carboxylic acids is 1. The summed E-state index contributed by atoms with van der Waals surface area (Å²) in [5.41, 5.74) is 5.29. The number of likely N-dealkylation sites (tertiary alicyclic amines) is 1. The van der Waals surface area contributed by atoms with Gasteiger partial charge in [0.25, 0.3) is 0 Å². The average Bonchev–Trinajstić information content (AvgIpc) is 3.68. The van der Waals surface area contributed by atoms with E-state index in [0.717, 1.165) is 66.0 Å². The van der Waals surface area contributed by atoms with E-state index in [1.807, 2.05) is 6.20 Å². The van der Waals surface area contributed by atoms with Gasteiger partial charge in [0.15, 0.2) is 0 Å². The fourth-order valence-electron chi connectivity index (χ4n) is 6.73. The molecule has 0 radical (unpaired) electrons. The molecule has 3 aromatic rings. The highest BCUT2D eigenvalue weighted by Gasteiger charge is 2.34. The first-order valence-corrected chi connectivity index (χ1v) is 14.9. The average molecular weight is 581 g/mol. The molecule has 3 aliphatic rings. The molecule has 3 aliphatic heterocycles. The van der Waals surface area contributed by atoms with Crippen molar-refractivity contribution in [3.63, 3.8) is 0 Å². The minimum atomic E-state index is -0.265. The Hall–Kier alpha value is -4.68. The lowest BCUT2D eigenvalue weighted by Gasteiger charge is -2.42. The van der Waals surface area contributed by atoms with Gasteiger partial charge in [-0.2, -0.15) is 25.6 Å². The molecule has 0 aliphatic carbocycles. The largest absolute Gasteiger partial charge is 0.462 e. The zero-order chi connectivity index (χ0) is 29.9. The normalized spacial score (nSPS) is 20.5. The summed E-state index contributed by atoms with van der Waals surface area (Å²) < 4.78 is 6.27. The number of hydrogen-bond acceptors (Lipinski definition) is 10. The van der Waals surface area contributed by atoms with Crippen molar-refractivity contribution in [3.05, 3.63) is 47.8 Å². The number of nitriles is 2. The number of hydrogen-bond donors (Lipinski definition) is 1. The van der Waals surface area contributed by atoms with Gasteiger partial charge in [0.2, 0.25) is 5.91 Å². The predicted octanol–water partition coefficient (Wildman–Crippen LogP) is 2.71. The molecule has 2 fully saturated rings. The molecule has 6 rings (SSSR count). The molecule has 1 aromatic carbocycles. The van der Waals surface area contributed by atoms with Crippen LogP contribution >= 0.6 is 0 Å². The number of amides is 1. The van der Waals surface area contributed by atoms with E-state index in [0.29, 0.717) is 45.3 Å². The number of benzene rings is 1. The summed E-state index contributed by atoms with van der Waals surface area (Å²) in [4.78, 5) is 30.8. The van der Waals surface area contributed by atoms with E-state index in [1.165, 1.54) is 11.6 Å². The molecule has 12 heteroatoms. The Morgan fingerprint density at radius 1 is 1.16 bits per heavy atom. The summed E-state index contributed by atoms with van der Waals surface area (Å²) in [6.07, 6.45) is 6.16. The van der Waals surface area contributed by atoms with Crippen molar-refractivity contribution >= 4 is 28.3 Å². The molecule has 1 N–H and O–H groups in total. The van der Waals surface area contributed by atoms with Gasteiger partial charge < -0.3 is 19.4 Å². The molecule has 2 atom stereocenters. The Labute approximate surface area is 251 Å².